The van der Waals surface area contributed by atoms with Gasteiger partial charge in [-0.3, -0.25) is 4.79 Å². The lowest BCUT2D eigenvalue weighted by molar-refractivity contribution is -0.139. The maximum absolute atomic E-state index is 12.1. The third-order valence-corrected chi connectivity index (χ3v) is 3.14. The fourth-order valence-corrected chi connectivity index (χ4v) is 2.06. The molecule has 1 heterocycles. The molecule has 0 aliphatic heterocycles. The normalized spacial score (nSPS) is 11.6. The Morgan fingerprint density at radius 2 is 2.14 bits per heavy atom. The number of nitrogens with one attached hydrogen (secondary N) is 1. The Bertz CT molecular complexity index is 752. The van der Waals surface area contributed by atoms with E-state index in [0.717, 1.165) is 0 Å². The molecule has 1 aromatic carbocycles. The fraction of sp³-hybridized carbons (Fsp3) is 0.133. The Kier molecular flexibility index (Phi) is 4.41. The number of aromatic nitrogens is 1. The molecular weight excluding hydrogens is 292 g/mol. The third-order valence-electron chi connectivity index (χ3n) is 2.82. The summed E-state index contributed by atoms with van der Waals surface area (Å²) in [4.78, 5) is 27.2. The van der Waals surface area contributed by atoms with E-state index < -0.39 is 17.9 Å². The number of nitrogens with zero attached hydrogens (tertiary/aromatic N) is 1. The van der Waals surface area contributed by atoms with E-state index in [2.05, 4.69) is 16.2 Å². The molecule has 6 heteroatoms. The lowest BCUT2D eigenvalue weighted by Gasteiger charge is -2.12. The summed E-state index contributed by atoms with van der Waals surface area (Å²) in [6.07, 6.45) is 4.97. The van der Waals surface area contributed by atoms with Crippen LogP contribution in [-0.2, 0) is 4.79 Å². The molecule has 1 amide bonds. The van der Waals surface area contributed by atoms with E-state index in [0.29, 0.717) is 15.9 Å². The number of fused-ring (bicyclic) bond motifs is 1. The van der Waals surface area contributed by atoms with E-state index in [9.17, 15) is 9.59 Å². The highest BCUT2D eigenvalue weighted by Crippen LogP contribution is 2.22. The molecule has 2 N–H and O–H groups in total. The van der Waals surface area contributed by atoms with E-state index in [4.69, 9.17) is 23.1 Å². The van der Waals surface area contributed by atoms with Crippen molar-refractivity contribution < 1.29 is 14.7 Å². The average Bonchev–Trinajstić information content (AvgIpc) is 2.46. The summed E-state index contributed by atoms with van der Waals surface area (Å²) in [6.45, 7) is 0. The Labute approximate surface area is 125 Å². The number of halogens is 1. The predicted molar refractivity (Wildman–Crippen MR) is 79.1 cm³/mol. The van der Waals surface area contributed by atoms with Crippen LogP contribution in [0.5, 0.6) is 0 Å². The van der Waals surface area contributed by atoms with Gasteiger partial charge in [-0.25, -0.2) is 9.78 Å². The molecule has 0 saturated carbocycles. The van der Waals surface area contributed by atoms with E-state index in [-0.39, 0.29) is 12.1 Å². The number of benzene rings is 1. The molecule has 0 spiro atoms. The molecule has 0 bridgehead atoms. The summed E-state index contributed by atoms with van der Waals surface area (Å²) in [5.41, 5.74) is 0.598. The number of pyridine rings is 1. The van der Waals surface area contributed by atoms with Crippen molar-refractivity contribution in [2.75, 3.05) is 0 Å². The Morgan fingerprint density at radius 3 is 2.81 bits per heavy atom. The van der Waals surface area contributed by atoms with Gasteiger partial charge in [-0.15, -0.1) is 12.3 Å². The van der Waals surface area contributed by atoms with Crippen molar-refractivity contribution in [3.05, 3.63) is 41.0 Å². The summed E-state index contributed by atoms with van der Waals surface area (Å²) in [7, 11) is 0. The van der Waals surface area contributed by atoms with Crippen molar-refractivity contribution in [1.82, 2.24) is 10.3 Å². The van der Waals surface area contributed by atoms with Crippen molar-refractivity contribution in [2.45, 2.75) is 12.5 Å². The molecule has 106 valence electrons. The number of para-hydroxylation sites is 1. The van der Waals surface area contributed by atoms with Gasteiger partial charge in [0.1, 0.15) is 11.7 Å². The van der Waals surface area contributed by atoms with Gasteiger partial charge in [0.2, 0.25) is 0 Å². The molecule has 1 unspecified atom stereocenters. The molecular formula is C15H11ClN2O3. The summed E-state index contributed by atoms with van der Waals surface area (Å²) in [5, 5.41) is 12.4. The number of aliphatic carboxylic acids is 1. The highest BCUT2D eigenvalue weighted by atomic mass is 35.5. The number of rotatable bonds is 4. The van der Waals surface area contributed by atoms with Gasteiger partial charge in [0.15, 0.2) is 0 Å². The van der Waals surface area contributed by atoms with Crippen molar-refractivity contribution in [3.63, 3.8) is 0 Å². The molecule has 0 aliphatic rings. The smallest absolute Gasteiger partial charge is 0.327 e. The minimum Gasteiger partial charge on any atom is -0.480 e. The van der Waals surface area contributed by atoms with Crippen LogP contribution in [0, 0.1) is 12.3 Å². The first-order valence-electron chi connectivity index (χ1n) is 6.05. The maximum Gasteiger partial charge on any atom is 0.327 e. The Morgan fingerprint density at radius 1 is 1.43 bits per heavy atom. The molecule has 0 fully saturated rings. The zero-order valence-electron chi connectivity index (χ0n) is 10.8. The molecule has 2 rings (SSSR count). The summed E-state index contributed by atoms with van der Waals surface area (Å²) in [6, 6.07) is 7.32. The van der Waals surface area contributed by atoms with Gasteiger partial charge in [0.05, 0.1) is 10.5 Å². The lowest BCUT2D eigenvalue weighted by Crippen LogP contribution is -2.40. The number of hydrogen-bond donors (Lipinski definition) is 2. The molecule has 2 aromatic rings. The van der Waals surface area contributed by atoms with E-state index in [1.807, 2.05) is 6.07 Å². The van der Waals surface area contributed by atoms with Crippen LogP contribution in [-0.4, -0.2) is 28.0 Å². The number of hydrogen-bond acceptors (Lipinski definition) is 3. The van der Waals surface area contributed by atoms with Crippen LogP contribution in [0.4, 0.5) is 0 Å². The topological polar surface area (TPSA) is 79.3 Å². The monoisotopic (exact) mass is 302 g/mol. The van der Waals surface area contributed by atoms with Crippen LogP contribution in [0.1, 0.15) is 16.9 Å². The van der Waals surface area contributed by atoms with Gasteiger partial charge >= 0.3 is 5.97 Å². The van der Waals surface area contributed by atoms with E-state index in [1.165, 1.54) is 6.07 Å². The van der Waals surface area contributed by atoms with Crippen LogP contribution >= 0.6 is 11.6 Å². The third kappa shape index (κ3) is 3.30. The Hall–Kier alpha value is -2.58. The molecule has 1 aromatic heterocycles. The Balaban J connectivity index is 2.31. The second-order valence-electron chi connectivity index (χ2n) is 4.28. The van der Waals surface area contributed by atoms with Crippen LogP contribution < -0.4 is 5.32 Å². The number of carboxylic acids is 1. The van der Waals surface area contributed by atoms with Gasteiger partial charge < -0.3 is 10.4 Å². The largest absolute Gasteiger partial charge is 0.480 e. The number of amides is 1. The highest BCUT2D eigenvalue weighted by molar-refractivity contribution is 6.35. The first kappa shape index (κ1) is 14.8. The SMILES string of the molecule is C#CCC(NC(=O)c1cc(Cl)c2ccccc2n1)C(=O)O. The number of carbonyl (C=O) groups excluding carboxylic acids is 1. The minimum atomic E-state index is -1.20. The molecule has 0 saturated heterocycles. The average molecular weight is 303 g/mol. The zero-order chi connectivity index (χ0) is 15.4. The predicted octanol–water partition coefficient (Wildman–Crippen LogP) is 2.09. The highest BCUT2D eigenvalue weighted by Gasteiger charge is 2.21. The van der Waals surface area contributed by atoms with Gasteiger partial charge in [-0.2, -0.15) is 0 Å². The maximum atomic E-state index is 12.1. The molecule has 0 aliphatic carbocycles. The van der Waals surface area contributed by atoms with Gasteiger partial charge in [-0.1, -0.05) is 29.8 Å². The number of terminal acetylenes is 1. The molecule has 0 radical (unpaired) electrons. The fourth-order valence-electron chi connectivity index (χ4n) is 1.80. The first-order valence-corrected chi connectivity index (χ1v) is 6.43. The standard InChI is InChI=1S/C15H11ClN2O3/c1-2-5-12(15(20)21)18-14(19)13-8-10(16)9-6-3-4-7-11(9)17-13/h1,3-4,6-8,12H,5H2,(H,18,19)(H,20,21). The lowest BCUT2D eigenvalue weighted by atomic mass is 10.1. The quantitative estimate of drug-likeness (QED) is 0.848. The van der Waals surface area contributed by atoms with Gasteiger partial charge in [-0.05, 0) is 12.1 Å². The summed E-state index contributed by atoms with van der Waals surface area (Å²) in [5.74, 6) is 0.370. The van der Waals surface area contributed by atoms with Crippen LogP contribution in [0.3, 0.4) is 0 Å². The number of carboxylic acid groups (broad SMARTS) is 1. The van der Waals surface area contributed by atoms with Crippen molar-refractivity contribution in [1.29, 1.82) is 0 Å². The molecule has 21 heavy (non-hydrogen) atoms. The molecule has 1 atom stereocenters. The van der Waals surface area contributed by atoms with Crippen LogP contribution in [0.15, 0.2) is 30.3 Å². The van der Waals surface area contributed by atoms with Crippen LogP contribution in [0.25, 0.3) is 10.9 Å². The van der Waals surface area contributed by atoms with Gasteiger partial charge in [0, 0.05) is 11.8 Å². The minimum absolute atomic E-state index is 0.0435. The molecule has 5 nitrogen and oxygen atoms in total. The number of carbonyl (C=O) groups is 2. The second-order valence-corrected chi connectivity index (χ2v) is 4.69. The van der Waals surface area contributed by atoms with E-state index in [1.54, 1.807) is 18.2 Å². The van der Waals surface area contributed by atoms with E-state index >= 15 is 0 Å². The first-order chi connectivity index (χ1) is 10.0. The summed E-state index contributed by atoms with van der Waals surface area (Å²) < 4.78 is 0. The summed E-state index contributed by atoms with van der Waals surface area (Å²) >= 11 is 6.10. The second kappa shape index (κ2) is 6.25. The van der Waals surface area contributed by atoms with Gasteiger partial charge in [0.25, 0.3) is 5.91 Å². The van der Waals surface area contributed by atoms with Crippen molar-refractivity contribution >= 4 is 34.4 Å². The zero-order valence-corrected chi connectivity index (χ0v) is 11.6. The van der Waals surface area contributed by atoms with Crippen molar-refractivity contribution in [2.24, 2.45) is 0 Å². The van der Waals surface area contributed by atoms with Crippen LogP contribution in [0.2, 0.25) is 5.02 Å². The van der Waals surface area contributed by atoms with Crippen molar-refractivity contribution in [3.8, 4) is 12.3 Å².